The van der Waals surface area contributed by atoms with E-state index in [0.717, 1.165) is 5.56 Å². The van der Waals surface area contributed by atoms with Gasteiger partial charge < -0.3 is 15.6 Å². The second-order valence-corrected chi connectivity index (χ2v) is 7.08. The number of aliphatic carboxylic acids is 1. The maximum atomic E-state index is 11.0. The van der Waals surface area contributed by atoms with Gasteiger partial charge in [0.15, 0.2) is 9.84 Å². The van der Waals surface area contributed by atoms with Crippen LogP contribution in [0.1, 0.15) is 24.4 Å². The molecule has 0 bridgehead atoms. The monoisotopic (exact) mass is 299 g/mol. The van der Waals surface area contributed by atoms with Crippen molar-refractivity contribution in [2.24, 2.45) is 5.73 Å². The Labute approximate surface area is 117 Å². The fourth-order valence-electron chi connectivity index (χ4n) is 2.02. The van der Waals surface area contributed by atoms with Gasteiger partial charge in [-0.15, -0.1) is 0 Å². The zero-order chi connectivity index (χ0) is 14.8. The zero-order valence-electron chi connectivity index (χ0n) is 10.9. The minimum absolute atomic E-state index is 0.0271. The highest BCUT2D eigenvalue weighted by molar-refractivity contribution is 7.92. The topological polar surface area (TPSA) is 107 Å². The average molecular weight is 299 g/mol. The van der Waals surface area contributed by atoms with E-state index in [0.29, 0.717) is 12.2 Å². The van der Waals surface area contributed by atoms with Crippen molar-refractivity contribution in [1.29, 1.82) is 0 Å². The van der Waals surface area contributed by atoms with E-state index in [4.69, 9.17) is 15.6 Å². The molecule has 1 aliphatic rings. The molecular weight excluding hydrogens is 282 g/mol. The summed E-state index contributed by atoms with van der Waals surface area (Å²) < 4.78 is 27.5. The minimum atomic E-state index is -2.89. The predicted octanol–water partition coefficient (Wildman–Crippen LogP) is 0.727. The van der Waals surface area contributed by atoms with Crippen molar-refractivity contribution in [2.45, 2.75) is 25.0 Å². The molecule has 7 heteroatoms. The summed E-state index contributed by atoms with van der Waals surface area (Å²) >= 11 is 0. The van der Waals surface area contributed by atoms with Crippen molar-refractivity contribution >= 4 is 15.8 Å². The molecule has 3 N–H and O–H groups in total. The van der Waals surface area contributed by atoms with E-state index in [2.05, 4.69) is 0 Å². The Morgan fingerprint density at radius 3 is 2.45 bits per heavy atom. The van der Waals surface area contributed by atoms with Crippen LogP contribution in [-0.4, -0.2) is 37.1 Å². The van der Waals surface area contributed by atoms with E-state index < -0.39 is 15.8 Å². The zero-order valence-corrected chi connectivity index (χ0v) is 11.7. The van der Waals surface area contributed by atoms with E-state index in [1.165, 1.54) is 0 Å². The lowest BCUT2D eigenvalue weighted by molar-refractivity contribution is -0.137. The summed E-state index contributed by atoms with van der Waals surface area (Å²) in [6.07, 6.45) is 0.127. The number of hydrogen-bond acceptors (Lipinski definition) is 5. The molecule has 1 atom stereocenters. The molecule has 1 heterocycles. The number of carbonyl (C=O) groups is 1. The molecule has 1 aromatic rings. The number of carboxylic acid groups (broad SMARTS) is 1. The second-order valence-electron chi connectivity index (χ2n) is 4.92. The molecule has 0 aromatic heterocycles. The summed E-state index contributed by atoms with van der Waals surface area (Å²) in [7, 11) is -2.89. The van der Waals surface area contributed by atoms with Crippen LogP contribution in [0.5, 0.6) is 5.75 Å². The highest BCUT2D eigenvalue weighted by Crippen LogP contribution is 2.23. The number of nitrogens with two attached hydrogens (primary N) is 1. The van der Waals surface area contributed by atoms with Gasteiger partial charge >= 0.3 is 5.97 Å². The van der Waals surface area contributed by atoms with E-state index in [1.54, 1.807) is 24.3 Å². The smallest absolute Gasteiger partial charge is 0.303 e. The quantitative estimate of drug-likeness (QED) is 0.802. The van der Waals surface area contributed by atoms with E-state index in [-0.39, 0.29) is 30.1 Å². The van der Waals surface area contributed by atoms with Gasteiger partial charge in [-0.1, -0.05) is 12.1 Å². The maximum Gasteiger partial charge on any atom is 0.303 e. The summed E-state index contributed by atoms with van der Waals surface area (Å²) in [5.41, 5.74) is 6.72. The standard InChI is InChI=1S/C13H17NO5S/c14-12(5-6-13(15)16)9-1-3-10(4-2-9)19-11-7-20(17,18)8-11/h1-4,11-12H,5-8,14H2,(H,15,16). The molecule has 0 aliphatic carbocycles. The first-order valence-electron chi connectivity index (χ1n) is 6.30. The number of sulfone groups is 1. The van der Waals surface area contributed by atoms with Gasteiger partial charge in [-0.3, -0.25) is 4.79 Å². The number of benzene rings is 1. The summed E-state index contributed by atoms with van der Waals surface area (Å²) in [5.74, 6) is -0.148. The Hall–Kier alpha value is -1.60. The fraction of sp³-hybridized carbons (Fsp3) is 0.462. The third-order valence-corrected chi connectivity index (χ3v) is 4.92. The molecule has 0 amide bonds. The van der Waals surface area contributed by atoms with Gasteiger partial charge in [0.05, 0.1) is 11.5 Å². The SMILES string of the molecule is NC(CCC(=O)O)c1ccc(OC2CS(=O)(=O)C2)cc1. The van der Waals surface area contributed by atoms with Crippen molar-refractivity contribution in [3.63, 3.8) is 0 Å². The summed E-state index contributed by atoms with van der Waals surface area (Å²) in [5, 5.41) is 8.60. The van der Waals surface area contributed by atoms with E-state index >= 15 is 0 Å². The molecule has 1 saturated heterocycles. The van der Waals surface area contributed by atoms with Crippen LogP contribution in [0.25, 0.3) is 0 Å². The highest BCUT2D eigenvalue weighted by atomic mass is 32.2. The van der Waals surface area contributed by atoms with E-state index in [9.17, 15) is 13.2 Å². The highest BCUT2D eigenvalue weighted by Gasteiger charge is 2.35. The van der Waals surface area contributed by atoms with Crippen molar-refractivity contribution < 1.29 is 23.1 Å². The van der Waals surface area contributed by atoms with Gasteiger partial charge in [-0.05, 0) is 24.1 Å². The molecule has 1 fully saturated rings. The number of rotatable bonds is 6. The first kappa shape index (κ1) is 14.8. The van der Waals surface area contributed by atoms with Gasteiger partial charge in [0.2, 0.25) is 0 Å². The molecule has 110 valence electrons. The third-order valence-electron chi connectivity index (χ3n) is 3.16. The van der Waals surface area contributed by atoms with Gasteiger partial charge in [-0.25, -0.2) is 8.42 Å². The number of hydrogen-bond donors (Lipinski definition) is 2. The molecule has 0 spiro atoms. The van der Waals surface area contributed by atoms with Gasteiger partial charge in [-0.2, -0.15) is 0 Å². The first-order valence-corrected chi connectivity index (χ1v) is 8.12. The molecule has 20 heavy (non-hydrogen) atoms. The number of ether oxygens (including phenoxy) is 1. The van der Waals surface area contributed by atoms with Crippen molar-refractivity contribution in [2.75, 3.05) is 11.5 Å². The summed E-state index contributed by atoms with van der Waals surface area (Å²) in [6, 6.07) is 6.66. The molecule has 0 radical (unpaired) electrons. The molecule has 1 aromatic carbocycles. The van der Waals surface area contributed by atoms with Crippen LogP contribution >= 0.6 is 0 Å². The van der Waals surface area contributed by atoms with Crippen LogP contribution in [0.15, 0.2) is 24.3 Å². The summed E-state index contributed by atoms with van der Waals surface area (Å²) in [6.45, 7) is 0. The molecule has 0 saturated carbocycles. The largest absolute Gasteiger partial charge is 0.488 e. The van der Waals surface area contributed by atoms with Gasteiger partial charge in [0.1, 0.15) is 11.9 Å². The lowest BCUT2D eigenvalue weighted by Gasteiger charge is -2.26. The molecule has 1 unspecified atom stereocenters. The maximum absolute atomic E-state index is 11.0. The predicted molar refractivity (Wildman–Crippen MR) is 73.3 cm³/mol. The Bertz CT molecular complexity index is 569. The second kappa shape index (κ2) is 5.80. The number of carboxylic acids is 1. The minimum Gasteiger partial charge on any atom is -0.488 e. The first-order chi connectivity index (χ1) is 9.35. The van der Waals surface area contributed by atoms with Crippen LogP contribution < -0.4 is 10.5 Å². The third kappa shape index (κ3) is 3.94. The lowest BCUT2D eigenvalue weighted by atomic mass is 10.0. The Kier molecular flexibility index (Phi) is 4.29. The Balaban J connectivity index is 1.88. The van der Waals surface area contributed by atoms with Crippen LogP contribution in [-0.2, 0) is 14.6 Å². The fourth-order valence-corrected chi connectivity index (χ4v) is 3.19. The molecular formula is C13H17NO5S. The lowest BCUT2D eigenvalue weighted by Crippen LogP contribution is -2.45. The van der Waals surface area contributed by atoms with E-state index in [1.807, 2.05) is 0 Å². The van der Waals surface area contributed by atoms with Gasteiger partial charge in [0, 0.05) is 12.5 Å². The van der Waals surface area contributed by atoms with Crippen LogP contribution in [0, 0.1) is 0 Å². The van der Waals surface area contributed by atoms with Gasteiger partial charge in [0.25, 0.3) is 0 Å². The Morgan fingerprint density at radius 1 is 1.35 bits per heavy atom. The average Bonchev–Trinajstić information content (AvgIpc) is 2.34. The molecule has 6 nitrogen and oxygen atoms in total. The molecule has 1 aliphatic heterocycles. The van der Waals surface area contributed by atoms with Crippen molar-refractivity contribution in [3.05, 3.63) is 29.8 Å². The molecule has 2 rings (SSSR count). The normalized spacial score (nSPS) is 19.1. The van der Waals surface area contributed by atoms with Crippen molar-refractivity contribution in [1.82, 2.24) is 0 Å². The van der Waals surface area contributed by atoms with Crippen LogP contribution in [0.3, 0.4) is 0 Å². The summed E-state index contributed by atoms with van der Waals surface area (Å²) in [4.78, 5) is 10.5. The van der Waals surface area contributed by atoms with Crippen LogP contribution in [0.4, 0.5) is 0 Å². The Morgan fingerprint density at radius 2 is 1.95 bits per heavy atom. The van der Waals surface area contributed by atoms with Crippen molar-refractivity contribution in [3.8, 4) is 5.75 Å². The van der Waals surface area contributed by atoms with Crippen LogP contribution in [0.2, 0.25) is 0 Å².